The van der Waals surface area contributed by atoms with Gasteiger partial charge in [-0.3, -0.25) is 9.59 Å². The van der Waals surface area contributed by atoms with Crippen molar-refractivity contribution in [2.75, 3.05) is 19.8 Å². The minimum absolute atomic E-state index is 0.0897. The molecule has 1 atom stereocenters. The van der Waals surface area contributed by atoms with Crippen molar-refractivity contribution >= 4 is 11.9 Å². The third-order valence-electron chi connectivity index (χ3n) is 11.8. The first-order chi connectivity index (χ1) is 28.6. The maximum Gasteiger partial charge on any atom is 0.306 e. The van der Waals surface area contributed by atoms with E-state index in [4.69, 9.17) is 14.2 Å². The summed E-state index contributed by atoms with van der Waals surface area (Å²) in [6, 6.07) is 0. The van der Waals surface area contributed by atoms with Gasteiger partial charge in [0.2, 0.25) is 0 Å². The van der Waals surface area contributed by atoms with E-state index in [9.17, 15) is 9.59 Å². The van der Waals surface area contributed by atoms with Gasteiger partial charge in [0.05, 0.1) is 6.61 Å². The number of rotatable bonds is 49. The first-order valence-electron chi connectivity index (χ1n) is 26.2. The van der Waals surface area contributed by atoms with E-state index >= 15 is 0 Å². The fourth-order valence-corrected chi connectivity index (χ4v) is 7.85. The highest BCUT2D eigenvalue weighted by Gasteiger charge is 2.17. The highest BCUT2D eigenvalue weighted by molar-refractivity contribution is 5.70. The lowest BCUT2D eigenvalue weighted by atomic mass is 10.0. The molecule has 0 aliphatic carbocycles. The van der Waals surface area contributed by atoms with Gasteiger partial charge in [-0.25, -0.2) is 0 Å². The molecule has 0 N–H and O–H groups in total. The molecule has 0 aliphatic heterocycles. The summed E-state index contributed by atoms with van der Waals surface area (Å²) < 4.78 is 17.4. The molecular weight excluding hydrogens is 717 g/mol. The molecule has 0 spiro atoms. The molecule has 0 aromatic rings. The molecule has 5 heteroatoms. The van der Waals surface area contributed by atoms with Gasteiger partial charge < -0.3 is 14.2 Å². The third kappa shape index (κ3) is 47.3. The lowest BCUT2D eigenvalue weighted by molar-refractivity contribution is -0.163. The monoisotopic (exact) mass is 819 g/mol. The van der Waals surface area contributed by atoms with Gasteiger partial charge in [-0.15, -0.1) is 0 Å². The van der Waals surface area contributed by atoms with Crippen molar-refractivity contribution < 1.29 is 23.8 Å². The van der Waals surface area contributed by atoms with Crippen LogP contribution in [0.5, 0.6) is 0 Å². The average Bonchev–Trinajstić information content (AvgIpc) is 3.22. The van der Waals surface area contributed by atoms with E-state index in [0.29, 0.717) is 26.1 Å². The normalized spacial score (nSPS) is 12.1. The van der Waals surface area contributed by atoms with Crippen molar-refractivity contribution in [2.24, 2.45) is 0 Å². The SMILES string of the molecule is CCCC/C=C\CCCCCCCC(=O)OCC(COCCCCCCCCCCCCCCCCCCCCCC)OC(=O)CCCCCCCCCCCCC. The molecule has 0 saturated carbocycles. The summed E-state index contributed by atoms with van der Waals surface area (Å²) in [7, 11) is 0. The third-order valence-corrected chi connectivity index (χ3v) is 11.8. The number of esters is 2. The lowest BCUT2D eigenvalue weighted by Gasteiger charge is -2.18. The molecule has 0 radical (unpaired) electrons. The van der Waals surface area contributed by atoms with E-state index in [1.54, 1.807) is 0 Å². The minimum atomic E-state index is -0.528. The van der Waals surface area contributed by atoms with Gasteiger partial charge in [0.25, 0.3) is 0 Å². The van der Waals surface area contributed by atoms with Crippen molar-refractivity contribution in [2.45, 2.75) is 297 Å². The first kappa shape index (κ1) is 56.6. The fraction of sp³-hybridized carbons (Fsp3) is 0.925. The lowest BCUT2D eigenvalue weighted by Crippen LogP contribution is -2.30. The number of ether oxygens (including phenoxy) is 3. The number of hydrogen-bond acceptors (Lipinski definition) is 5. The van der Waals surface area contributed by atoms with E-state index in [-0.39, 0.29) is 18.5 Å². The topological polar surface area (TPSA) is 61.8 Å². The molecule has 1 unspecified atom stereocenters. The van der Waals surface area contributed by atoms with Crippen molar-refractivity contribution in [1.29, 1.82) is 0 Å². The molecule has 0 saturated heterocycles. The average molecular weight is 819 g/mol. The number of carbonyl (C=O) groups excluding carboxylic acids is 2. The van der Waals surface area contributed by atoms with E-state index in [1.165, 1.54) is 212 Å². The minimum Gasteiger partial charge on any atom is -0.462 e. The maximum absolute atomic E-state index is 12.7. The number of allylic oxidation sites excluding steroid dienone is 2. The van der Waals surface area contributed by atoms with Crippen molar-refractivity contribution in [3.8, 4) is 0 Å². The number of carbonyl (C=O) groups is 2. The van der Waals surface area contributed by atoms with E-state index in [1.807, 2.05) is 0 Å². The molecule has 344 valence electrons. The van der Waals surface area contributed by atoms with Gasteiger partial charge in [-0.1, -0.05) is 251 Å². The Morgan fingerprint density at radius 2 is 0.690 bits per heavy atom. The largest absolute Gasteiger partial charge is 0.462 e. The molecule has 5 nitrogen and oxygen atoms in total. The van der Waals surface area contributed by atoms with Crippen LogP contribution in [0.2, 0.25) is 0 Å². The molecule has 0 fully saturated rings. The van der Waals surface area contributed by atoms with Crippen molar-refractivity contribution in [3.05, 3.63) is 12.2 Å². The van der Waals surface area contributed by atoms with Crippen LogP contribution >= 0.6 is 0 Å². The molecule has 0 aliphatic rings. The van der Waals surface area contributed by atoms with E-state index in [2.05, 4.69) is 32.9 Å². The maximum atomic E-state index is 12.7. The summed E-state index contributed by atoms with van der Waals surface area (Å²) in [5.41, 5.74) is 0. The quantitative estimate of drug-likeness (QED) is 0.0348. The summed E-state index contributed by atoms with van der Waals surface area (Å²) in [6.45, 7) is 7.84. The van der Waals surface area contributed by atoms with Crippen LogP contribution < -0.4 is 0 Å². The molecule has 0 heterocycles. The Morgan fingerprint density at radius 1 is 0.362 bits per heavy atom. The molecule has 0 rings (SSSR count). The van der Waals surface area contributed by atoms with Gasteiger partial charge >= 0.3 is 11.9 Å². The zero-order chi connectivity index (χ0) is 42.1. The van der Waals surface area contributed by atoms with Crippen LogP contribution in [-0.2, 0) is 23.8 Å². The van der Waals surface area contributed by atoms with Crippen LogP contribution in [0.4, 0.5) is 0 Å². The second-order valence-electron chi connectivity index (χ2n) is 17.8. The molecule has 58 heavy (non-hydrogen) atoms. The summed E-state index contributed by atoms with van der Waals surface area (Å²) in [5.74, 6) is -0.390. The molecule has 0 bridgehead atoms. The second-order valence-corrected chi connectivity index (χ2v) is 17.8. The molecule has 0 aromatic carbocycles. The van der Waals surface area contributed by atoms with Gasteiger partial charge in [-0.05, 0) is 38.5 Å². The Labute approximate surface area is 363 Å². The summed E-state index contributed by atoms with van der Waals surface area (Å²) >= 11 is 0. The van der Waals surface area contributed by atoms with Gasteiger partial charge in [0.15, 0.2) is 6.10 Å². The van der Waals surface area contributed by atoms with Crippen LogP contribution in [0, 0.1) is 0 Å². The predicted molar refractivity (Wildman–Crippen MR) is 252 cm³/mol. The smallest absolute Gasteiger partial charge is 0.306 e. The molecular formula is C53H102O5. The highest BCUT2D eigenvalue weighted by Crippen LogP contribution is 2.16. The predicted octanol–water partition coefficient (Wildman–Crippen LogP) is 17.5. The summed E-state index contributed by atoms with van der Waals surface area (Å²) in [4.78, 5) is 25.3. The van der Waals surface area contributed by atoms with Gasteiger partial charge in [-0.2, -0.15) is 0 Å². The van der Waals surface area contributed by atoms with Crippen LogP contribution in [0.3, 0.4) is 0 Å². The second kappa shape index (κ2) is 50.0. The van der Waals surface area contributed by atoms with E-state index < -0.39 is 6.10 Å². The van der Waals surface area contributed by atoms with Crippen LogP contribution in [0.25, 0.3) is 0 Å². The van der Waals surface area contributed by atoms with E-state index in [0.717, 1.165) is 44.9 Å². The highest BCUT2D eigenvalue weighted by atomic mass is 16.6. The first-order valence-corrected chi connectivity index (χ1v) is 26.2. The fourth-order valence-electron chi connectivity index (χ4n) is 7.85. The summed E-state index contributed by atoms with van der Waals surface area (Å²) in [5, 5.41) is 0. The van der Waals surface area contributed by atoms with Gasteiger partial charge in [0, 0.05) is 19.4 Å². The zero-order valence-corrected chi connectivity index (χ0v) is 39.6. The van der Waals surface area contributed by atoms with Crippen LogP contribution in [0.15, 0.2) is 12.2 Å². The Kier molecular flexibility index (Phi) is 48.8. The number of hydrogen-bond donors (Lipinski definition) is 0. The number of unbranched alkanes of at least 4 members (excludes halogenated alkanes) is 36. The Balaban J connectivity index is 4.11. The Hall–Kier alpha value is -1.36. The zero-order valence-electron chi connectivity index (χ0n) is 39.6. The van der Waals surface area contributed by atoms with Gasteiger partial charge in [0.1, 0.15) is 6.61 Å². The molecule has 0 amide bonds. The van der Waals surface area contributed by atoms with Crippen molar-refractivity contribution in [1.82, 2.24) is 0 Å². The van der Waals surface area contributed by atoms with Crippen molar-refractivity contribution in [3.63, 3.8) is 0 Å². The summed E-state index contributed by atoms with van der Waals surface area (Å²) in [6.07, 6.45) is 56.6. The Bertz CT molecular complexity index is 840. The Morgan fingerprint density at radius 3 is 1.10 bits per heavy atom. The van der Waals surface area contributed by atoms with Crippen LogP contribution in [-0.4, -0.2) is 37.9 Å². The van der Waals surface area contributed by atoms with Crippen LogP contribution in [0.1, 0.15) is 290 Å². The molecule has 0 aromatic heterocycles. The standard InChI is InChI=1S/C53H102O5/c1-4-7-10-13-16-19-22-23-24-25-26-27-28-29-30-33-36-39-42-45-48-56-49-51(58-53(55)47-44-41-38-35-32-21-18-15-12-9-6-3)50-57-52(54)46-43-40-37-34-31-20-17-14-11-8-5-2/h14,17,51H,4-13,15-16,18-50H2,1-3H3/b17-14-.